The van der Waals surface area contributed by atoms with Gasteiger partial charge in [0.05, 0.1) is 17.8 Å². The fourth-order valence-electron chi connectivity index (χ4n) is 2.92. The average molecular weight is 301 g/mol. The lowest BCUT2D eigenvalue weighted by atomic mass is 10.0. The zero-order chi connectivity index (χ0) is 15.6. The summed E-state index contributed by atoms with van der Waals surface area (Å²) in [6, 6.07) is 5.81. The number of rotatable bonds is 3. The van der Waals surface area contributed by atoms with E-state index in [1.165, 1.54) is 12.1 Å². The third kappa shape index (κ3) is 4.45. The first kappa shape index (κ1) is 16.3. The van der Waals surface area contributed by atoms with E-state index in [-0.39, 0.29) is 18.2 Å². The molecule has 1 fully saturated rings. The van der Waals surface area contributed by atoms with Crippen LogP contribution in [0.3, 0.4) is 0 Å². The molecule has 21 heavy (non-hydrogen) atoms. The van der Waals surface area contributed by atoms with Crippen LogP contribution >= 0.6 is 0 Å². The fraction of sp³-hybridized carbons (Fsp3) is 0.625. The molecule has 3 unspecified atom stereocenters. The molecule has 1 heterocycles. The number of hydrogen-bond donors (Lipinski definition) is 0. The third-order valence-electron chi connectivity index (χ3n) is 3.86. The number of alkyl halides is 3. The number of morpholine rings is 1. The van der Waals surface area contributed by atoms with Gasteiger partial charge in [0.15, 0.2) is 0 Å². The Bertz CT molecular complexity index is 465. The number of hydrogen-bond acceptors (Lipinski definition) is 2. The Balaban J connectivity index is 2.04. The Hall–Kier alpha value is -1.07. The van der Waals surface area contributed by atoms with Crippen LogP contribution in [0.1, 0.15) is 31.9 Å². The molecule has 2 nitrogen and oxygen atoms in total. The lowest BCUT2D eigenvalue weighted by molar-refractivity contribution is -0.137. The van der Waals surface area contributed by atoms with E-state index in [1.54, 1.807) is 6.07 Å². The molecule has 1 aromatic carbocycles. The van der Waals surface area contributed by atoms with Crippen LogP contribution in [0.4, 0.5) is 13.2 Å². The van der Waals surface area contributed by atoms with Crippen molar-refractivity contribution in [3.05, 3.63) is 35.4 Å². The van der Waals surface area contributed by atoms with E-state index in [2.05, 4.69) is 11.8 Å². The monoisotopic (exact) mass is 301 g/mol. The van der Waals surface area contributed by atoms with Crippen LogP contribution < -0.4 is 0 Å². The van der Waals surface area contributed by atoms with Crippen LogP contribution in [0.15, 0.2) is 24.3 Å². The van der Waals surface area contributed by atoms with Crippen molar-refractivity contribution < 1.29 is 17.9 Å². The van der Waals surface area contributed by atoms with Gasteiger partial charge in [0, 0.05) is 19.1 Å². The van der Waals surface area contributed by atoms with Gasteiger partial charge in [-0.15, -0.1) is 0 Å². The zero-order valence-electron chi connectivity index (χ0n) is 12.7. The molecule has 118 valence electrons. The molecule has 0 aliphatic carbocycles. The minimum Gasteiger partial charge on any atom is -0.373 e. The van der Waals surface area contributed by atoms with Gasteiger partial charge in [0.1, 0.15) is 0 Å². The van der Waals surface area contributed by atoms with E-state index in [1.807, 2.05) is 13.8 Å². The standard InChI is InChI=1S/C16H22F3NO/c1-11(20-9-12(2)21-13(3)10-20)7-14-5-4-6-15(8-14)16(17,18)19/h4-6,8,11-13H,7,9-10H2,1-3H3. The molecule has 1 aromatic rings. The maximum absolute atomic E-state index is 12.7. The maximum atomic E-state index is 12.7. The van der Waals surface area contributed by atoms with Gasteiger partial charge in [-0.1, -0.05) is 18.2 Å². The number of ether oxygens (including phenoxy) is 1. The minimum atomic E-state index is -4.28. The smallest absolute Gasteiger partial charge is 0.373 e. The van der Waals surface area contributed by atoms with Crippen molar-refractivity contribution >= 4 is 0 Å². The summed E-state index contributed by atoms with van der Waals surface area (Å²) in [5.74, 6) is 0. The van der Waals surface area contributed by atoms with Crippen LogP contribution in [-0.4, -0.2) is 36.2 Å². The van der Waals surface area contributed by atoms with Gasteiger partial charge in [-0.25, -0.2) is 0 Å². The van der Waals surface area contributed by atoms with Crippen molar-refractivity contribution in [2.75, 3.05) is 13.1 Å². The summed E-state index contributed by atoms with van der Waals surface area (Å²) in [5.41, 5.74) is 0.153. The van der Waals surface area contributed by atoms with Gasteiger partial charge in [-0.2, -0.15) is 13.2 Å². The zero-order valence-corrected chi connectivity index (χ0v) is 12.7. The van der Waals surface area contributed by atoms with Crippen molar-refractivity contribution in [3.63, 3.8) is 0 Å². The highest BCUT2D eigenvalue weighted by molar-refractivity contribution is 5.26. The Kier molecular flexibility index (Phi) is 4.94. The van der Waals surface area contributed by atoms with Gasteiger partial charge in [0.25, 0.3) is 0 Å². The van der Waals surface area contributed by atoms with Crippen molar-refractivity contribution in [2.24, 2.45) is 0 Å². The SMILES string of the molecule is CC1CN(C(C)Cc2cccc(C(F)(F)F)c2)CC(C)O1. The highest BCUT2D eigenvalue weighted by Crippen LogP contribution is 2.30. The minimum absolute atomic E-state index is 0.165. The predicted molar refractivity (Wildman–Crippen MR) is 76.2 cm³/mol. The number of halogens is 3. The van der Waals surface area contributed by atoms with Crippen LogP contribution in [0.5, 0.6) is 0 Å². The van der Waals surface area contributed by atoms with Crippen molar-refractivity contribution in [1.29, 1.82) is 0 Å². The molecule has 0 aromatic heterocycles. The normalized spacial score (nSPS) is 25.8. The number of benzene rings is 1. The topological polar surface area (TPSA) is 12.5 Å². The lowest BCUT2D eigenvalue weighted by Gasteiger charge is -2.39. The second kappa shape index (κ2) is 6.36. The van der Waals surface area contributed by atoms with Gasteiger partial charge in [0.2, 0.25) is 0 Å². The van der Waals surface area contributed by atoms with Crippen molar-refractivity contribution in [2.45, 2.75) is 51.6 Å². The molecule has 0 spiro atoms. The second-order valence-electron chi connectivity index (χ2n) is 5.96. The Labute approximate surface area is 123 Å². The van der Waals surface area contributed by atoms with Crippen LogP contribution in [0.25, 0.3) is 0 Å². The molecule has 0 N–H and O–H groups in total. The fourth-order valence-corrected chi connectivity index (χ4v) is 2.92. The average Bonchev–Trinajstić information content (AvgIpc) is 2.37. The molecule has 0 radical (unpaired) electrons. The Morgan fingerprint density at radius 1 is 1.24 bits per heavy atom. The molecule has 5 heteroatoms. The highest BCUT2D eigenvalue weighted by Gasteiger charge is 2.31. The van der Waals surface area contributed by atoms with Gasteiger partial charge >= 0.3 is 6.18 Å². The second-order valence-corrected chi connectivity index (χ2v) is 5.96. The van der Waals surface area contributed by atoms with Crippen LogP contribution in [-0.2, 0) is 17.3 Å². The molecule has 0 bridgehead atoms. The summed E-state index contributed by atoms with van der Waals surface area (Å²) >= 11 is 0. The van der Waals surface area contributed by atoms with Crippen molar-refractivity contribution in [1.82, 2.24) is 4.90 Å². The molecule has 0 amide bonds. The molecule has 1 aliphatic heterocycles. The summed E-state index contributed by atoms with van der Waals surface area (Å²) in [5, 5.41) is 0. The lowest BCUT2D eigenvalue weighted by Crippen LogP contribution is -2.49. The summed E-state index contributed by atoms with van der Waals surface area (Å²) in [6.07, 6.45) is -3.33. The van der Waals surface area contributed by atoms with E-state index in [4.69, 9.17) is 4.74 Å². The summed E-state index contributed by atoms with van der Waals surface area (Å²) in [7, 11) is 0. The van der Waals surface area contributed by atoms with Gasteiger partial charge in [-0.3, -0.25) is 4.90 Å². The predicted octanol–water partition coefficient (Wildman–Crippen LogP) is 3.75. The maximum Gasteiger partial charge on any atom is 0.416 e. The first-order valence-corrected chi connectivity index (χ1v) is 7.31. The third-order valence-corrected chi connectivity index (χ3v) is 3.86. The Morgan fingerprint density at radius 2 is 1.86 bits per heavy atom. The summed E-state index contributed by atoms with van der Waals surface area (Å²) in [4.78, 5) is 2.29. The molecule has 0 saturated carbocycles. The first-order valence-electron chi connectivity index (χ1n) is 7.31. The molecular formula is C16H22F3NO. The van der Waals surface area contributed by atoms with Crippen LogP contribution in [0, 0.1) is 0 Å². The van der Waals surface area contributed by atoms with Crippen molar-refractivity contribution in [3.8, 4) is 0 Å². The van der Waals surface area contributed by atoms with E-state index in [0.29, 0.717) is 6.42 Å². The molecule has 1 aliphatic rings. The molecule has 2 rings (SSSR count). The first-order chi connectivity index (χ1) is 9.75. The summed E-state index contributed by atoms with van der Waals surface area (Å²) in [6.45, 7) is 7.76. The summed E-state index contributed by atoms with van der Waals surface area (Å²) < 4.78 is 43.9. The van der Waals surface area contributed by atoms with E-state index in [9.17, 15) is 13.2 Å². The van der Waals surface area contributed by atoms with E-state index in [0.717, 1.165) is 24.7 Å². The largest absolute Gasteiger partial charge is 0.416 e. The van der Waals surface area contributed by atoms with Crippen LogP contribution in [0.2, 0.25) is 0 Å². The molecule has 3 atom stereocenters. The highest BCUT2D eigenvalue weighted by atomic mass is 19.4. The molecule has 1 saturated heterocycles. The quantitative estimate of drug-likeness (QED) is 0.843. The van der Waals surface area contributed by atoms with Gasteiger partial charge in [-0.05, 0) is 38.8 Å². The van der Waals surface area contributed by atoms with Gasteiger partial charge < -0.3 is 4.74 Å². The molecular weight excluding hydrogens is 279 g/mol. The van der Waals surface area contributed by atoms with E-state index < -0.39 is 11.7 Å². The van der Waals surface area contributed by atoms with E-state index >= 15 is 0 Å². The Morgan fingerprint density at radius 3 is 2.43 bits per heavy atom. The number of nitrogens with zero attached hydrogens (tertiary/aromatic N) is 1.